The summed E-state index contributed by atoms with van der Waals surface area (Å²) in [6.45, 7) is 0. The minimum absolute atomic E-state index is 0.0353. The number of alkyl halides is 3. The van der Waals surface area contributed by atoms with Gasteiger partial charge in [0.1, 0.15) is 10.0 Å². The van der Waals surface area contributed by atoms with Crippen molar-refractivity contribution in [3.8, 4) is 11.3 Å². The Morgan fingerprint density at radius 3 is 2.28 bits per heavy atom. The van der Waals surface area contributed by atoms with Gasteiger partial charge in [0.15, 0.2) is 11.6 Å². The number of nitrogens with zero attached hydrogens (tertiary/aromatic N) is 2. The zero-order valence-electron chi connectivity index (χ0n) is 16.1. The first-order valence-electron chi connectivity index (χ1n) is 9.11. The largest absolute Gasteiger partial charge is 0.416 e. The molecule has 0 atom stereocenters. The van der Waals surface area contributed by atoms with E-state index in [-0.39, 0.29) is 26.6 Å². The molecular formula is C21H14ClF3N4O2S. The molecule has 0 saturated heterocycles. The first kappa shape index (κ1) is 21.8. The molecule has 2 aromatic heterocycles. The number of aromatic amines is 1. The van der Waals surface area contributed by atoms with Crippen molar-refractivity contribution in [2.45, 2.75) is 16.0 Å². The fraction of sp³-hybridized carbons (Fsp3) is 0.0476. The van der Waals surface area contributed by atoms with Gasteiger partial charge in [-0.1, -0.05) is 41.9 Å². The van der Waals surface area contributed by atoms with Crippen LogP contribution in [0.3, 0.4) is 0 Å². The molecule has 0 radical (unpaired) electrons. The maximum atomic E-state index is 13.1. The van der Waals surface area contributed by atoms with E-state index in [2.05, 4.69) is 20.5 Å². The quantitative estimate of drug-likeness (QED) is 0.358. The fourth-order valence-corrected chi connectivity index (χ4v) is 4.46. The number of anilines is 2. The van der Waals surface area contributed by atoms with Crippen molar-refractivity contribution in [1.82, 2.24) is 15.2 Å². The molecule has 0 amide bonds. The van der Waals surface area contributed by atoms with Crippen LogP contribution in [0.4, 0.5) is 24.8 Å². The van der Waals surface area contributed by atoms with E-state index < -0.39 is 21.6 Å². The van der Waals surface area contributed by atoms with Gasteiger partial charge in [0.05, 0.1) is 16.2 Å². The molecule has 0 aliphatic carbocycles. The van der Waals surface area contributed by atoms with Crippen molar-refractivity contribution < 1.29 is 21.6 Å². The SMILES string of the molecule is O=S(=O)(c1ccccc1)c1ccc(Cl)nc1Nc1cc(-c2ccc(C(F)(F)F)cc2)[nH]n1. The van der Waals surface area contributed by atoms with Gasteiger partial charge < -0.3 is 5.32 Å². The van der Waals surface area contributed by atoms with Crippen LogP contribution in [0, 0.1) is 0 Å². The van der Waals surface area contributed by atoms with Gasteiger partial charge in [-0.15, -0.1) is 0 Å². The molecule has 0 unspecified atom stereocenters. The third-order valence-corrected chi connectivity index (χ3v) is 6.53. The zero-order chi connectivity index (χ0) is 22.9. The maximum absolute atomic E-state index is 13.1. The lowest BCUT2D eigenvalue weighted by molar-refractivity contribution is -0.137. The van der Waals surface area contributed by atoms with Crippen LogP contribution in [0.25, 0.3) is 11.3 Å². The first-order valence-corrected chi connectivity index (χ1v) is 11.0. The Bertz CT molecular complexity index is 1360. The predicted octanol–water partition coefficient (Wildman–Crippen LogP) is 5.72. The average Bonchev–Trinajstić information content (AvgIpc) is 3.22. The molecule has 0 bridgehead atoms. The van der Waals surface area contributed by atoms with Crippen LogP contribution in [0.2, 0.25) is 5.15 Å². The molecule has 6 nitrogen and oxygen atoms in total. The summed E-state index contributed by atoms with van der Waals surface area (Å²) in [5, 5.41) is 9.63. The molecule has 2 N–H and O–H groups in total. The van der Waals surface area contributed by atoms with Crippen LogP contribution in [0.15, 0.2) is 82.6 Å². The van der Waals surface area contributed by atoms with Gasteiger partial charge in [0, 0.05) is 6.07 Å². The number of aromatic nitrogens is 3. The third-order valence-electron chi connectivity index (χ3n) is 4.51. The van der Waals surface area contributed by atoms with Gasteiger partial charge in [0.25, 0.3) is 0 Å². The molecule has 0 aliphatic heterocycles. The molecule has 11 heteroatoms. The summed E-state index contributed by atoms with van der Waals surface area (Å²) in [5.41, 5.74) is 0.128. The fourth-order valence-electron chi connectivity index (χ4n) is 2.95. The molecule has 2 aromatic carbocycles. The molecule has 4 rings (SSSR count). The number of rotatable bonds is 5. The molecule has 32 heavy (non-hydrogen) atoms. The second-order valence-corrected chi connectivity index (χ2v) is 8.97. The van der Waals surface area contributed by atoms with Gasteiger partial charge in [-0.25, -0.2) is 13.4 Å². The summed E-state index contributed by atoms with van der Waals surface area (Å²) in [6.07, 6.45) is -4.43. The molecule has 2 heterocycles. The topological polar surface area (TPSA) is 87.7 Å². The number of pyridine rings is 1. The summed E-state index contributed by atoms with van der Waals surface area (Å²) in [4.78, 5) is 4.06. The Hall–Kier alpha value is -3.37. The standard InChI is InChI=1S/C21H14ClF3N4O2S/c22-18-11-10-17(32(30,31)15-4-2-1-3-5-15)20(26-18)27-19-12-16(28-29-19)13-6-8-14(9-7-13)21(23,24)25/h1-12H,(H2,26,27,28,29). The second kappa shape index (κ2) is 8.29. The summed E-state index contributed by atoms with van der Waals surface area (Å²) in [5.74, 6) is 0.172. The Labute approximate surface area is 186 Å². The van der Waals surface area contributed by atoms with Gasteiger partial charge in [0.2, 0.25) is 9.84 Å². The summed E-state index contributed by atoms with van der Waals surface area (Å²) < 4.78 is 64.4. The summed E-state index contributed by atoms with van der Waals surface area (Å²) in [6, 6.07) is 16.6. The lowest BCUT2D eigenvalue weighted by Gasteiger charge is -2.10. The average molecular weight is 479 g/mol. The lowest BCUT2D eigenvalue weighted by atomic mass is 10.1. The monoisotopic (exact) mass is 478 g/mol. The Morgan fingerprint density at radius 1 is 0.938 bits per heavy atom. The summed E-state index contributed by atoms with van der Waals surface area (Å²) in [7, 11) is -3.90. The minimum Gasteiger partial charge on any atom is -0.322 e. The number of halogens is 4. The third kappa shape index (κ3) is 4.46. The van der Waals surface area contributed by atoms with Crippen LogP contribution < -0.4 is 5.32 Å². The molecule has 0 saturated carbocycles. The summed E-state index contributed by atoms with van der Waals surface area (Å²) >= 11 is 5.97. The first-order chi connectivity index (χ1) is 15.1. The number of benzene rings is 2. The minimum atomic E-state index is -4.43. The van der Waals surface area contributed by atoms with Crippen LogP contribution in [-0.2, 0) is 16.0 Å². The van der Waals surface area contributed by atoms with E-state index in [0.717, 1.165) is 12.1 Å². The highest BCUT2D eigenvalue weighted by molar-refractivity contribution is 7.91. The zero-order valence-corrected chi connectivity index (χ0v) is 17.6. The van der Waals surface area contributed by atoms with Gasteiger partial charge in [-0.2, -0.15) is 18.3 Å². The Morgan fingerprint density at radius 2 is 1.62 bits per heavy atom. The van der Waals surface area contributed by atoms with Crippen LogP contribution in [0.1, 0.15) is 5.56 Å². The van der Waals surface area contributed by atoms with Crippen molar-refractivity contribution in [3.63, 3.8) is 0 Å². The number of sulfone groups is 1. The van der Waals surface area contributed by atoms with E-state index >= 15 is 0 Å². The van der Waals surface area contributed by atoms with Crippen molar-refractivity contribution >= 4 is 33.1 Å². The Kier molecular flexibility index (Phi) is 5.66. The number of H-pyrrole nitrogens is 1. The second-order valence-electron chi connectivity index (χ2n) is 6.66. The van der Waals surface area contributed by atoms with E-state index in [0.29, 0.717) is 11.3 Å². The van der Waals surface area contributed by atoms with Crippen molar-refractivity contribution in [2.75, 3.05) is 5.32 Å². The number of nitrogens with one attached hydrogen (secondary N) is 2. The lowest BCUT2D eigenvalue weighted by Crippen LogP contribution is -2.07. The van der Waals surface area contributed by atoms with Crippen molar-refractivity contribution in [3.05, 3.63) is 83.5 Å². The highest BCUT2D eigenvalue weighted by atomic mass is 35.5. The normalized spacial score (nSPS) is 12.0. The predicted molar refractivity (Wildman–Crippen MR) is 113 cm³/mol. The highest BCUT2D eigenvalue weighted by Crippen LogP contribution is 2.32. The van der Waals surface area contributed by atoms with Crippen LogP contribution in [0.5, 0.6) is 0 Å². The number of hydrogen-bond acceptors (Lipinski definition) is 5. The maximum Gasteiger partial charge on any atom is 0.416 e. The molecule has 0 fully saturated rings. The van der Waals surface area contributed by atoms with E-state index in [1.165, 1.54) is 42.5 Å². The molecule has 164 valence electrons. The van der Waals surface area contributed by atoms with Gasteiger partial charge >= 0.3 is 6.18 Å². The van der Waals surface area contributed by atoms with E-state index in [1.807, 2.05) is 0 Å². The van der Waals surface area contributed by atoms with Crippen LogP contribution in [-0.4, -0.2) is 23.6 Å². The molecular weight excluding hydrogens is 465 g/mol. The van der Waals surface area contributed by atoms with Crippen molar-refractivity contribution in [1.29, 1.82) is 0 Å². The Balaban J connectivity index is 1.65. The molecule has 4 aromatic rings. The molecule has 0 aliphatic rings. The number of hydrogen-bond donors (Lipinski definition) is 2. The van der Waals surface area contributed by atoms with E-state index in [9.17, 15) is 21.6 Å². The van der Waals surface area contributed by atoms with Crippen LogP contribution >= 0.6 is 11.6 Å². The van der Waals surface area contributed by atoms with Crippen molar-refractivity contribution in [2.24, 2.45) is 0 Å². The smallest absolute Gasteiger partial charge is 0.322 e. The van der Waals surface area contributed by atoms with E-state index in [4.69, 9.17) is 11.6 Å². The van der Waals surface area contributed by atoms with E-state index in [1.54, 1.807) is 18.2 Å². The van der Waals surface area contributed by atoms with Gasteiger partial charge in [-0.3, -0.25) is 5.10 Å². The molecule has 0 spiro atoms. The van der Waals surface area contributed by atoms with Gasteiger partial charge in [-0.05, 0) is 42.0 Å². The highest BCUT2D eigenvalue weighted by Gasteiger charge is 2.30.